The van der Waals surface area contributed by atoms with Crippen LogP contribution in [0.5, 0.6) is 0 Å². The molecular weight excluding hydrogens is 569 g/mol. The number of carbonyl (C=O) groups excluding carboxylic acids is 1. The van der Waals surface area contributed by atoms with Crippen LogP contribution in [0.4, 0.5) is 0 Å². The molecule has 6 rings (SSSR count). The van der Waals surface area contributed by atoms with Crippen molar-refractivity contribution in [3.8, 4) is 12.1 Å². The van der Waals surface area contributed by atoms with Gasteiger partial charge in [-0.2, -0.15) is 10.5 Å². The van der Waals surface area contributed by atoms with Crippen LogP contribution >= 0.6 is 23.2 Å². The van der Waals surface area contributed by atoms with E-state index in [4.69, 9.17) is 27.9 Å². The highest BCUT2D eigenvalue weighted by Gasteiger charge is 2.65. The van der Waals surface area contributed by atoms with E-state index < -0.39 is 47.2 Å². The van der Waals surface area contributed by atoms with Crippen molar-refractivity contribution in [1.29, 1.82) is 10.5 Å². The van der Waals surface area contributed by atoms with E-state index >= 15 is 0 Å². The third kappa shape index (κ3) is 4.30. The van der Waals surface area contributed by atoms with Gasteiger partial charge in [-0.25, -0.2) is 4.79 Å². The predicted octanol–water partition coefficient (Wildman–Crippen LogP) is 7.18. The van der Waals surface area contributed by atoms with Crippen LogP contribution in [0.1, 0.15) is 41.6 Å². The maximum absolute atomic E-state index is 12.5. The first-order valence-corrected chi connectivity index (χ1v) is 14.6. The average Bonchev–Trinajstić information content (AvgIpc) is 3.53. The molecule has 210 valence electrons. The van der Waals surface area contributed by atoms with Crippen LogP contribution in [0.3, 0.4) is 0 Å². The number of ether oxygens (including phenoxy) is 1. The molecule has 6 atom stereocenters. The zero-order chi connectivity index (χ0) is 29.6. The predicted molar refractivity (Wildman–Crippen MR) is 161 cm³/mol. The summed E-state index contributed by atoms with van der Waals surface area (Å²) in [5, 5.41) is 36.4. The molecule has 1 saturated carbocycles. The van der Waals surface area contributed by atoms with Crippen LogP contribution in [0.15, 0.2) is 91.0 Å². The maximum Gasteiger partial charge on any atom is 0.330 e. The van der Waals surface area contributed by atoms with E-state index in [1.54, 1.807) is 49.4 Å². The number of carbonyl (C=O) groups is 1. The molecule has 0 saturated heterocycles. The number of fused-ring (bicyclic) bond motifs is 5. The van der Waals surface area contributed by atoms with Gasteiger partial charge in [0.15, 0.2) is 5.41 Å². The summed E-state index contributed by atoms with van der Waals surface area (Å²) in [5.41, 5.74) is 1.73. The van der Waals surface area contributed by atoms with Gasteiger partial charge < -0.3 is 14.4 Å². The highest BCUT2D eigenvalue weighted by Crippen LogP contribution is 2.66. The number of nitrogens with zero attached hydrogens (tertiary/aromatic N) is 3. The van der Waals surface area contributed by atoms with Crippen LogP contribution in [0.2, 0.25) is 10.0 Å². The highest BCUT2D eigenvalue weighted by molar-refractivity contribution is 6.30. The summed E-state index contributed by atoms with van der Waals surface area (Å²) < 4.78 is 7.30. The zero-order valence-corrected chi connectivity index (χ0v) is 24.2. The third-order valence-electron chi connectivity index (χ3n) is 8.83. The fourth-order valence-corrected chi connectivity index (χ4v) is 7.52. The molecule has 1 fully saturated rings. The highest BCUT2D eigenvalue weighted by atomic mass is 35.5. The Balaban J connectivity index is 1.64. The minimum absolute atomic E-state index is 0.198. The largest absolute Gasteiger partial charge is 0.463 e. The van der Waals surface area contributed by atoms with Crippen molar-refractivity contribution in [2.75, 3.05) is 6.61 Å². The molecule has 0 radical (unpaired) electrons. The first kappa shape index (κ1) is 28.1. The average molecular weight is 597 g/mol. The standard InChI is InChI=1S/C34H27Cl2N3O3/c1-2-42-28(40)16-15-25-30(20-7-11-23(35)12-8-20)34(18-37,19-38)31-27-17-22-5-3-4-6-26(22)39(27)32(29(31)33(25)41)21-9-13-24(36)14-10-21/h3-17,25,29-33,41H,2H2,1H3/b16-15+/t25-,29-,30-,31?,32+,33-/m0/s1. The van der Waals surface area contributed by atoms with Crippen LogP contribution < -0.4 is 0 Å². The molecule has 4 aromatic rings. The van der Waals surface area contributed by atoms with Crippen molar-refractivity contribution in [2.24, 2.45) is 17.3 Å². The fraction of sp³-hybridized carbons (Fsp3) is 0.265. The number of benzene rings is 3. The maximum atomic E-state index is 12.5. The van der Waals surface area contributed by atoms with Gasteiger partial charge in [0, 0.05) is 51.0 Å². The lowest BCUT2D eigenvalue weighted by atomic mass is 9.50. The number of aromatic nitrogens is 1. The lowest BCUT2D eigenvalue weighted by Crippen LogP contribution is -2.52. The van der Waals surface area contributed by atoms with E-state index in [2.05, 4.69) is 16.7 Å². The number of esters is 1. The lowest BCUT2D eigenvalue weighted by molar-refractivity contribution is -0.137. The number of hydrogen-bond acceptors (Lipinski definition) is 5. The van der Waals surface area contributed by atoms with Crippen LogP contribution in [-0.2, 0) is 9.53 Å². The van der Waals surface area contributed by atoms with Crippen LogP contribution in [-0.4, -0.2) is 28.4 Å². The van der Waals surface area contributed by atoms with Crippen molar-refractivity contribution < 1.29 is 14.6 Å². The lowest BCUT2D eigenvalue weighted by Gasteiger charge is -2.50. The molecular formula is C34H27Cl2N3O3. The molecule has 0 bridgehead atoms. The molecule has 6 nitrogen and oxygen atoms in total. The normalized spacial score (nSPS) is 25.9. The van der Waals surface area contributed by atoms with E-state index in [-0.39, 0.29) is 6.61 Å². The Morgan fingerprint density at radius 2 is 1.60 bits per heavy atom. The number of halogens is 2. The summed E-state index contributed by atoms with van der Waals surface area (Å²) in [6.07, 6.45) is 1.87. The third-order valence-corrected chi connectivity index (χ3v) is 9.33. The molecule has 0 amide bonds. The van der Waals surface area contributed by atoms with Gasteiger partial charge in [-0.05, 0) is 59.8 Å². The first-order valence-electron chi connectivity index (χ1n) is 13.8. The van der Waals surface area contributed by atoms with Crippen molar-refractivity contribution in [3.05, 3.63) is 118 Å². The van der Waals surface area contributed by atoms with Gasteiger partial charge in [0.1, 0.15) is 0 Å². The summed E-state index contributed by atoms with van der Waals surface area (Å²) >= 11 is 12.5. The van der Waals surface area contributed by atoms with E-state index in [0.29, 0.717) is 15.6 Å². The van der Waals surface area contributed by atoms with Gasteiger partial charge in [0.2, 0.25) is 0 Å². The van der Waals surface area contributed by atoms with Crippen LogP contribution in [0.25, 0.3) is 10.9 Å². The molecule has 8 heteroatoms. The van der Waals surface area contributed by atoms with Gasteiger partial charge in [0.05, 0.1) is 30.9 Å². The van der Waals surface area contributed by atoms with Crippen molar-refractivity contribution in [3.63, 3.8) is 0 Å². The summed E-state index contributed by atoms with van der Waals surface area (Å²) in [5.74, 6) is -3.31. The van der Waals surface area contributed by atoms with Crippen molar-refractivity contribution in [1.82, 2.24) is 4.57 Å². The number of hydrogen-bond donors (Lipinski definition) is 1. The van der Waals surface area contributed by atoms with Gasteiger partial charge in [-0.3, -0.25) is 0 Å². The molecule has 1 aromatic heterocycles. The Morgan fingerprint density at radius 3 is 2.21 bits per heavy atom. The Labute approximate surface area is 254 Å². The molecule has 2 heterocycles. The second kappa shape index (κ2) is 11.0. The quantitative estimate of drug-likeness (QED) is 0.194. The van der Waals surface area contributed by atoms with Crippen molar-refractivity contribution >= 4 is 40.1 Å². The van der Waals surface area contributed by atoms with E-state index in [9.17, 15) is 20.4 Å². The van der Waals surface area contributed by atoms with Crippen LogP contribution in [0, 0.1) is 39.9 Å². The Hall–Kier alpha value is -4.07. The first-order chi connectivity index (χ1) is 20.3. The van der Waals surface area contributed by atoms with E-state index in [0.717, 1.165) is 22.2 Å². The molecule has 2 aliphatic rings. The number of aliphatic hydroxyl groups is 1. The van der Waals surface area contributed by atoms with Gasteiger partial charge in [-0.1, -0.05) is 71.7 Å². The summed E-state index contributed by atoms with van der Waals surface area (Å²) in [7, 11) is 0. The summed E-state index contributed by atoms with van der Waals surface area (Å²) in [4.78, 5) is 12.5. The number of nitriles is 2. The Morgan fingerprint density at radius 1 is 0.976 bits per heavy atom. The summed E-state index contributed by atoms with van der Waals surface area (Å²) in [6, 6.07) is 28.9. The molecule has 0 spiro atoms. The van der Waals surface area contributed by atoms with Gasteiger partial charge >= 0.3 is 5.97 Å². The SMILES string of the molecule is CCOC(=O)/C=C/[C@@H]1[C@H](O)[C@H]2C(c3cc4ccccc4n3[C@@H]2c2ccc(Cl)cc2)C(C#N)(C#N)[C@H]1c1ccc(Cl)cc1. The molecule has 1 aliphatic carbocycles. The minimum atomic E-state index is -1.60. The van der Waals surface area contributed by atoms with Gasteiger partial charge in [-0.15, -0.1) is 0 Å². The Kier molecular flexibility index (Phi) is 7.33. The molecule has 3 aromatic carbocycles. The second-order valence-corrected chi connectivity index (χ2v) is 11.7. The second-order valence-electron chi connectivity index (χ2n) is 10.9. The number of para-hydroxylation sites is 1. The number of rotatable bonds is 5. The summed E-state index contributed by atoms with van der Waals surface area (Å²) in [6.45, 7) is 1.91. The smallest absolute Gasteiger partial charge is 0.330 e. The van der Waals surface area contributed by atoms with Gasteiger partial charge in [0.25, 0.3) is 0 Å². The topological polar surface area (TPSA) is 99.0 Å². The minimum Gasteiger partial charge on any atom is -0.463 e. The molecule has 1 aliphatic heterocycles. The molecule has 42 heavy (non-hydrogen) atoms. The number of aliphatic hydroxyl groups excluding tert-OH is 1. The molecule has 1 N–H and O–H groups in total. The van der Waals surface area contributed by atoms with E-state index in [1.807, 2.05) is 42.5 Å². The monoisotopic (exact) mass is 595 g/mol. The van der Waals surface area contributed by atoms with Crippen molar-refractivity contribution in [2.45, 2.75) is 30.9 Å². The van der Waals surface area contributed by atoms with E-state index in [1.165, 1.54) is 6.08 Å². The molecule has 1 unspecified atom stereocenters. The zero-order valence-electron chi connectivity index (χ0n) is 22.7. The Bertz CT molecular complexity index is 1750. The fourth-order valence-electron chi connectivity index (χ4n) is 7.26.